The molecule has 7 heteroatoms. The first-order valence-electron chi connectivity index (χ1n) is 7.54. The molecule has 6 nitrogen and oxygen atoms in total. The van der Waals surface area contributed by atoms with E-state index < -0.39 is 15.6 Å². The minimum atomic E-state index is -3.74. The molecule has 0 aliphatic heterocycles. The molecule has 0 fully saturated rings. The lowest BCUT2D eigenvalue weighted by Crippen LogP contribution is -2.42. The van der Waals surface area contributed by atoms with E-state index in [1.54, 1.807) is 52.1 Å². The lowest BCUT2D eigenvalue weighted by molar-refractivity contribution is 0.0603. The van der Waals surface area contributed by atoms with Gasteiger partial charge < -0.3 is 14.3 Å². The zero-order valence-corrected chi connectivity index (χ0v) is 15.1. The molecule has 0 saturated heterocycles. The molecule has 0 saturated carbocycles. The van der Waals surface area contributed by atoms with Gasteiger partial charge in [0.1, 0.15) is 11.5 Å². The molecule has 1 aromatic carbocycles. The van der Waals surface area contributed by atoms with Crippen molar-refractivity contribution in [2.75, 3.05) is 13.7 Å². The smallest absolute Gasteiger partial charge is 0.240 e. The fourth-order valence-electron chi connectivity index (χ4n) is 2.57. The van der Waals surface area contributed by atoms with Gasteiger partial charge >= 0.3 is 0 Å². The third-order valence-electron chi connectivity index (χ3n) is 3.73. The van der Waals surface area contributed by atoms with E-state index in [1.807, 2.05) is 0 Å². The highest BCUT2D eigenvalue weighted by molar-refractivity contribution is 7.89. The summed E-state index contributed by atoms with van der Waals surface area (Å²) in [5, 5.41) is 10.4. The molecule has 0 amide bonds. The van der Waals surface area contributed by atoms with Crippen molar-refractivity contribution in [1.29, 1.82) is 0 Å². The maximum atomic E-state index is 12.5. The van der Waals surface area contributed by atoms with Crippen LogP contribution in [0.5, 0.6) is 5.75 Å². The van der Waals surface area contributed by atoms with Gasteiger partial charge in [0, 0.05) is 13.0 Å². The molecule has 1 aromatic heterocycles. The van der Waals surface area contributed by atoms with Crippen LogP contribution in [0.2, 0.25) is 0 Å². The van der Waals surface area contributed by atoms with Gasteiger partial charge in [-0.15, -0.1) is 0 Å². The SMILES string of the molecule is COc1c(C)cc(S(=O)(=O)NCC(C)(O)Cc2ccco2)cc1C. The molecule has 2 aromatic rings. The quantitative estimate of drug-likeness (QED) is 0.796. The number of hydrogen-bond acceptors (Lipinski definition) is 5. The topological polar surface area (TPSA) is 88.8 Å². The van der Waals surface area contributed by atoms with E-state index in [-0.39, 0.29) is 17.9 Å². The zero-order valence-electron chi connectivity index (χ0n) is 14.3. The van der Waals surface area contributed by atoms with Crippen molar-refractivity contribution >= 4 is 10.0 Å². The summed E-state index contributed by atoms with van der Waals surface area (Å²) >= 11 is 0. The largest absolute Gasteiger partial charge is 0.496 e. The summed E-state index contributed by atoms with van der Waals surface area (Å²) in [6.07, 6.45) is 1.72. The zero-order chi connectivity index (χ0) is 18.0. The summed E-state index contributed by atoms with van der Waals surface area (Å²) in [4.78, 5) is 0.145. The van der Waals surface area contributed by atoms with Gasteiger partial charge in [0.15, 0.2) is 0 Å². The number of hydrogen-bond donors (Lipinski definition) is 2. The third-order valence-corrected chi connectivity index (χ3v) is 5.11. The summed E-state index contributed by atoms with van der Waals surface area (Å²) in [5.74, 6) is 1.26. The molecule has 1 atom stereocenters. The van der Waals surface area contributed by atoms with Crippen molar-refractivity contribution in [3.8, 4) is 5.75 Å². The molecular formula is C17H23NO5S. The van der Waals surface area contributed by atoms with Gasteiger partial charge in [0.2, 0.25) is 10.0 Å². The summed E-state index contributed by atoms with van der Waals surface area (Å²) in [7, 11) is -2.19. The average molecular weight is 353 g/mol. The lowest BCUT2D eigenvalue weighted by atomic mass is 10.0. The number of benzene rings is 1. The first-order chi connectivity index (χ1) is 11.1. The van der Waals surface area contributed by atoms with Crippen molar-refractivity contribution in [2.45, 2.75) is 37.7 Å². The van der Waals surface area contributed by atoms with Gasteiger partial charge in [-0.2, -0.15) is 0 Å². The van der Waals surface area contributed by atoms with Gasteiger partial charge in [-0.3, -0.25) is 0 Å². The van der Waals surface area contributed by atoms with Crippen molar-refractivity contribution in [2.24, 2.45) is 0 Å². The van der Waals surface area contributed by atoms with Gasteiger partial charge in [-0.25, -0.2) is 13.1 Å². The number of methoxy groups -OCH3 is 1. The molecule has 0 aliphatic rings. The van der Waals surface area contributed by atoms with Crippen LogP contribution < -0.4 is 9.46 Å². The van der Waals surface area contributed by atoms with Crippen LogP contribution in [0.4, 0.5) is 0 Å². The molecule has 2 N–H and O–H groups in total. The molecule has 1 unspecified atom stereocenters. The second-order valence-electron chi connectivity index (χ2n) is 6.17. The van der Waals surface area contributed by atoms with E-state index in [0.29, 0.717) is 11.5 Å². The Bertz CT molecular complexity index is 771. The van der Waals surface area contributed by atoms with Gasteiger partial charge in [0.05, 0.1) is 23.9 Å². The first-order valence-corrected chi connectivity index (χ1v) is 9.02. The second kappa shape index (κ2) is 6.96. The van der Waals surface area contributed by atoms with E-state index in [2.05, 4.69) is 4.72 Å². The second-order valence-corrected chi connectivity index (χ2v) is 7.93. The molecule has 0 radical (unpaired) electrons. The standard InChI is InChI=1S/C17H23NO5S/c1-12-8-15(9-13(2)16(12)22-4)24(20,21)18-11-17(3,19)10-14-6-5-7-23-14/h5-9,18-19H,10-11H2,1-4H3. The van der Waals surface area contributed by atoms with Crippen LogP contribution in [0, 0.1) is 13.8 Å². The summed E-state index contributed by atoms with van der Waals surface area (Å²) in [5.41, 5.74) is 0.210. The van der Waals surface area contributed by atoms with Crippen LogP contribution in [-0.2, 0) is 16.4 Å². The average Bonchev–Trinajstić information content (AvgIpc) is 2.97. The lowest BCUT2D eigenvalue weighted by Gasteiger charge is -2.22. The third kappa shape index (κ3) is 4.37. The fourth-order valence-corrected chi connectivity index (χ4v) is 3.90. The van der Waals surface area contributed by atoms with Crippen molar-refractivity contribution in [3.63, 3.8) is 0 Å². The van der Waals surface area contributed by atoms with Gasteiger partial charge in [0.25, 0.3) is 0 Å². The molecule has 132 valence electrons. The molecular weight excluding hydrogens is 330 g/mol. The normalized spacial score (nSPS) is 14.4. The predicted octanol–water partition coefficient (Wildman–Crippen LogP) is 2.18. The number of rotatable bonds is 7. The monoisotopic (exact) mass is 353 g/mol. The Hall–Kier alpha value is -1.83. The summed E-state index contributed by atoms with van der Waals surface area (Å²) < 4.78 is 37.9. The minimum Gasteiger partial charge on any atom is -0.496 e. The maximum absolute atomic E-state index is 12.5. The van der Waals surface area contributed by atoms with E-state index in [4.69, 9.17) is 9.15 Å². The Labute approximate surface area is 142 Å². The molecule has 1 heterocycles. The van der Waals surface area contributed by atoms with Crippen LogP contribution in [0.1, 0.15) is 23.8 Å². The van der Waals surface area contributed by atoms with Gasteiger partial charge in [-0.1, -0.05) is 0 Å². The van der Waals surface area contributed by atoms with Crippen LogP contribution in [0.25, 0.3) is 0 Å². The summed E-state index contributed by atoms with van der Waals surface area (Å²) in [6.45, 7) is 5.01. The Morgan fingerprint density at radius 3 is 2.42 bits per heavy atom. The summed E-state index contributed by atoms with van der Waals surface area (Å²) in [6, 6.07) is 6.56. The molecule has 0 bridgehead atoms. The molecule has 0 spiro atoms. The van der Waals surface area contributed by atoms with E-state index in [1.165, 1.54) is 6.26 Å². The number of ether oxygens (including phenoxy) is 1. The highest BCUT2D eigenvalue weighted by atomic mass is 32.2. The number of aliphatic hydroxyl groups is 1. The van der Waals surface area contributed by atoms with Crippen LogP contribution in [-0.4, -0.2) is 32.8 Å². The number of furan rings is 1. The highest BCUT2D eigenvalue weighted by Gasteiger charge is 2.26. The van der Waals surface area contributed by atoms with E-state index >= 15 is 0 Å². The van der Waals surface area contributed by atoms with E-state index in [0.717, 1.165) is 11.1 Å². The van der Waals surface area contributed by atoms with Crippen molar-refractivity contribution < 1.29 is 22.7 Å². The van der Waals surface area contributed by atoms with E-state index in [9.17, 15) is 13.5 Å². The molecule has 24 heavy (non-hydrogen) atoms. The van der Waals surface area contributed by atoms with Crippen molar-refractivity contribution in [3.05, 3.63) is 47.4 Å². The van der Waals surface area contributed by atoms with Crippen LogP contribution in [0.3, 0.4) is 0 Å². The highest BCUT2D eigenvalue weighted by Crippen LogP contribution is 2.26. The van der Waals surface area contributed by atoms with Gasteiger partial charge in [-0.05, 0) is 56.2 Å². The maximum Gasteiger partial charge on any atom is 0.240 e. The Balaban J connectivity index is 2.14. The first kappa shape index (κ1) is 18.5. The number of aryl methyl sites for hydroxylation is 2. The van der Waals surface area contributed by atoms with Crippen molar-refractivity contribution in [1.82, 2.24) is 4.72 Å². The fraction of sp³-hybridized carbons (Fsp3) is 0.412. The Morgan fingerprint density at radius 1 is 1.29 bits per heavy atom. The Morgan fingerprint density at radius 2 is 1.92 bits per heavy atom. The predicted molar refractivity (Wildman–Crippen MR) is 90.7 cm³/mol. The number of sulfonamides is 1. The van der Waals surface area contributed by atoms with Crippen LogP contribution in [0.15, 0.2) is 39.8 Å². The minimum absolute atomic E-state index is 0.125. The molecule has 0 aliphatic carbocycles. The molecule has 2 rings (SSSR count). The van der Waals surface area contributed by atoms with Crippen LogP contribution >= 0.6 is 0 Å². The number of nitrogens with one attached hydrogen (secondary N) is 1. The Kier molecular flexibility index (Phi) is 5.37.